The van der Waals surface area contributed by atoms with Crippen LogP contribution in [0.25, 0.3) is 5.52 Å². The van der Waals surface area contributed by atoms with E-state index >= 15 is 0 Å². The maximum Gasteiger partial charge on any atom is 0.142 e. The Kier molecular flexibility index (Phi) is 3.54. The van der Waals surface area contributed by atoms with Gasteiger partial charge < -0.3 is 5.32 Å². The van der Waals surface area contributed by atoms with Gasteiger partial charge in [-0.25, -0.2) is 8.91 Å². The van der Waals surface area contributed by atoms with Gasteiger partial charge in [-0.05, 0) is 41.2 Å². The lowest BCUT2D eigenvalue weighted by Crippen LogP contribution is -2.19. The monoisotopic (exact) mass is 333 g/mol. The Morgan fingerprint density at radius 2 is 2.05 bits per heavy atom. The highest BCUT2D eigenvalue weighted by atomic mass is 79.9. The van der Waals surface area contributed by atoms with Crippen molar-refractivity contribution in [1.29, 1.82) is 0 Å². The Morgan fingerprint density at radius 1 is 1.20 bits per heavy atom. The number of hydrogen-bond donors (Lipinski definition) is 1. The predicted octanol–water partition coefficient (Wildman–Crippen LogP) is 3.54. The van der Waals surface area contributed by atoms with Gasteiger partial charge in [-0.3, -0.25) is 0 Å². The maximum atomic E-state index is 14.3. The number of pyridine rings is 1. The van der Waals surface area contributed by atoms with E-state index in [1.807, 2.05) is 37.5 Å². The van der Waals surface area contributed by atoms with Gasteiger partial charge in [-0.15, -0.1) is 0 Å². The van der Waals surface area contributed by atoms with Crippen LogP contribution in [0, 0.1) is 5.82 Å². The van der Waals surface area contributed by atoms with Gasteiger partial charge in [0, 0.05) is 17.3 Å². The molecule has 0 amide bonds. The number of aromatic nitrogens is 2. The minimum absolute atomic E-state index is 0.243. The smallest absolute Gasteiger partial charge is 0.142 e. The molecule has 102 valence electrons. The first-order valence-electron chi connectivity index (χ1n) is 6.26. The predicted molar refractivity (Wildman–Crippen MR) is 80.2 cm³/mol. The van der Waals surface area contributed by atoms with Crippen molar-refractivity contribution < 1.29 is 4.39 Å². The second-order valence-electron chi connectivity index (χ2n) is 4.50. The molecule has 0 aliphatic carbocycles. The molecule has 0 radical (unpaired) electrons. The lowest BCUT2D eigenvalue weighted by Gasteiger charge is -2.17. The minimum Gasteiger partial charge on any atom is -0.309 e. The molecular weight excluding hydrogens is 321 g/mol. The zero-order valence-electron chi connectivity index (χ0n) is 10.8. The van der Waals surface area contributed by atoms with Crippen LogP contribution in [0.3, 0.4) is 0 Å². The van der Waals surface area contributed by atoms with Crippen molar-refractivity contribution in [3.05, 3.63) is 70.2 Å². The fraction of sp³-hybridized carbons (Fsp3) is 0.133. The molecule has 3 nitrogen and oxygen atoms in total. The molecule has 20 heavy (non-hydrogen) atoms. The van der Waals surface area contributed by atoms with Gasteiger partial charge in [0.15, 0.2) is 0 Å². The number of benzene rings is 1. The van der Waals surface area contributed by atoms with E-state index in [-0.39, 0.29) is 11.9 Å². The van der Waals surface area contributed by atoms with E-state index in [9.17, 15) is 4.39 Å². The van der Waals surface area contributed by atoms with Crippen LogP contribution in [-0.2, 0) is 0 Å². The van der Waals surface area contributed by atoms with Crippen LogP contribution in [0.4, 0.5) is 4.39 Å². The number of fused-ring (bicyclic) bond motifs is 1. The first-order valence-corrected chi connectivity index (χ1v) is 7.05. The Hall–Kier alpha value is -1.72. The summed E-state index contributed by atoms with van der Waals surface area (Å²) in [5.41, 5.74) is 2.51. The third kappa shape index (κ3) is 2.13. The highest BCUT2D eigenvalue weighted by molar-refractivity contribution is 9.10. The van der Waals surface area contributed by atoms with Crippen LogP contribution in [-0.4, -0.2) is 16.7 Å². The summed E-state index contributed by atoms with van der Waals surface area (Å²) in [4.78, 5) is 0. The third-order valence-electron chi connectivity index (χ3n) is 3.35. The van der Waals surface area contributed by atoms with Gasteiger partial charge in [-0.1, -0.05) is 18.2 Å². The first-order chi connectivity index (χ1) is 9.72. The Labute approximate surface area is 124 Å². The van der Waals surface area contributed by atoms with Gasteiger partial charge in [-0.2, -0.15) is 5.10 Å². The number of rotatable bonds is 3. The van der Waals surface area contributed by atoms with E-state index in [1.165, 1.54) is 0 Å². The summed E-state index contributed by atoms with van der Waals surface area (Å²) in [5.74, 6) is -0.248. The Bertz CT molecular complexity index is 754. The average molecular weight is 334 g/mol. The molecule has 0 fully saturated rings. The molecule has 0 aliphatic heterocycles. The zero-order chi connectivity index (χ0) is 14.1. The molecule has 0 spiro atoms. The molecule has 2 heterocycles. The van der Waals surface area contributed by atoms with Crippen molar-refractivity contribution >= 4 is 21.4 Å². The van der Waals surface area contributed by atoms with Crippen molar-refractivity contribution in [2.75, 3.05) is 7.05 Å². The van der Waals surface area contributed by atoms with Crippen molar-refractivity contribution in [2.45, 2.75) is 6.04 Å². The minimum atomic E-state index is -0.248. The van der Waals surface area contributed by atoms with Crippen LogP contribution in [0.1, 0.15) is 17.2 Å². The second kappa shape index (κ2) is 5.34. The Balaban J connectivity index is 2.17. The van der Waals surface area contributed by atoms with Gasteiger partial charge in [0.2, 0.25) is 0 Å². The molecule has 1 unspecified atom stereocenters. The summed E-state index contributed by atoms with van der Waals surface area (Å²) < 4.78 is 16.6. The van der Waals surface area contributed by atoms with Gasteiger partial charge in [0.25, 0.3) is 0 Å². The largest absolute Gasteiger partial charge is 0.309 e. The first kappa shape index (κ1) is 13.3. The molecule has 0 bridgehead atoms. The van der Waals surface area contributed by atoms with E-state index in [4.69, 9.17) is 0 Å². The molecule has 5 heteroatoms. The molecule has 1 N–H and O–H groups in total. The van der Waals surface area contributed by atoms with Crippen LogP contribution < -0.4 is 5.32 Å². The lowest BCUT2D eigenvalue weighted by molar-refractivity contribution is 0.572. The van der Waals surface area contributed by atoms with Gasteiger partial charge >= 0.3 is 0 Å². The summed E-state index contributed by atoms with van der Waals surface area (Å²) in [6, 6.07) is 10.9. The summed E-state index contributed by atoms with van der Waals surface area (Å²) in [5, 5.41) is 7.47. The summed E-state index contributed by atoms with van der Waals surface area (Å²) in [6.07, 6.45) is 3.65. The number of halogens is 2. The normalized spacial score (nSPS) is 12.8. The van der Waals surface area contributed by atoms with E-state index in [0.717, 1.165) is 11.1 Å². The number of hydrogen-bond acceptors (Lipinski definition) is 2. The quantitative estimate of drug-likeness (QED) is 0.794. The summed E-state index contributed by atoms with van der Waals surface area (Å²) >= 11 is 3.23. The fourth-order valence-corrected chi connectivity index (χ4v) is 2.78. The fourth-order valence-electron chi connectivity index (χ4n) is 2.40. The van der Waals surface area contributed by atoms with Gasteiger partial charge in [0.1, 0.15) is 5.82 Å². The third-order valence-corrected chi connectivity index (χ3v) is 3.96. The Morgan fingerprint density at radius 3 is 2.85 bits per heavy atom. The second-order valence-corrected chi connectivity index (χ2v) is 5.35. The highest BCUT2D eigenvalue weighted by Gasteiger charge is 2.20. The van der Waals surface area contributed by atoms with Crippen molar-refractivity contribution in [3.63, 3.8) is 0 Å². The molecule has 0 aliphatic rings. The van der Waals surface area contributed by atoms with E-state index in [1.54, 1.807) is 22.8 Å². The van der Waals surface area contributed by atoms with Crippen molar-refractivity contribution in [3.8, 4) is 0 Å². The van der Waals surface area contributed by atoms with Crippen LogP contribution in [0.2, 0.25) is 0 Å². The van der Waals surface area contributed by atoms with Crippen LogP contribution in [0.5, 0.6) is 0 Å². The van der Waals surface area contributed by atoms with Crippen LogP contribution in [0.15, 0.2) is 53.3 Å². The molecule has 0 saturated heterocycles. The molecular formula is C15H13BrFN3. The maximum absolute atomic E-state index is 14.3. The topological polar surface area (TPSA) is 29.3 Å². The highest BCUT2D eigenvalue weighted by Crippen LogP contribution is 2.30. The molecule has 2 aromatic heterocycles. The molecule has 0 saturated carbocycles. The number of nitrogens with zero attached hydrogens (tertiary/aromatic N) is 2. The molecule has 3 aromatic rings. The average Bonchev–Trinajstić information content (AvgIpc) is 2.88. The summed E-state index contributed by atoms with van der Waals surface area (Å²) in [7, 11) is 1.82. The lowest BCUT2D eigenvalue weighted by atomic mass is 9.99. The molecule has 1 atom stereocenters. The van der Waals surface area contributed by atoms with E-state index < -0.39 is 0 Å². The van der Waals surface area contributed by atoms with E-state index in [0.29, 0.717) is 10.0 Å². The summed E-state index contributed by atoms with van der Waals surface area (Å²) in [6.45, 7) is 0. The van der Waals surface area contributed by atoms with Crippen LogP contribution >= 0.6 is 15.9 Å². The zero-order valence-corrected chi connectivity index (χ0v) is 12.4. The van der Waals surface area contributed by atoms with Gasteiger partial charge in [0.05, 0.1) is 22.2 Å². The van der Waals surface area contributed by atoms with E-state index in [2.05, 4.69) is 26.3 Å². The van der Waals surface area contributed by atoms with Crippen molar-refractivity contribution in [2.24, 2.45) is 0 Å². The number of nitrogens with one attached hydrogen (secondary N) is 1. The standard InChI is InChI=1S/C15H13BrFN3/c1-18-15(10-5-4-6-12(16)14(10)17)11-9-19-20-8-3-2-7-13(11)20/h2-9,15,18H,1H3. The molecule has 1 aromatic carbocycles. The SMILES string of the molecule is CNC(c1cccc(Br)c1F)c1cnn2ccccc12. The molecule has 3 rings (SSSR count). The van der Waals surface area contributed by atoms with Crippen molar-refractivity contribution in [1.82, 2.24) is 14.9 Å².